The van der Waals surface area contributed by atoms with Crippen LogP contribution in [0.1, 0.15) is 48.2 Å². The first-order valence-electron chi connectivity index (χ1n) is 12.6. The maximum Gasteiger partial charge on any atom is 0.243 e. The molecule has 0 aliphatic heterocycles. The summed E-state index contributed by atoms with van der Waals surface area (Å²) in [7, 11) is -3.85. The molecule has 0 unspecified atom stereocenters. The third kappa shape index (κ3) is 5.44. The van der Waals surface area contributed by atoms with Gasteiger partial charge in [-0.25, -0.2) is 8.42 Å². The highest BCUT2D eigenvalue weighted by molar-refractivity contribution is 7.89. The highest BCUT2D eigenvalue weighted by Gasteiger charge is 2.50. The van der Waals surface area contributed by atoms with E-state index in [2.05, 4.69) is 4.98 Å². The van der Waals surface area contributed by atoms with Crippen LogP contribution in [0.15, 0.2) is 108 Å². The molecule has 0 saturated heterocycles. The first-order valence-corrected chi connectivity index (χ1v) is 14.5. The molecule has 38 heavy (non-hydrogen) atoms. The van der Waals surface area contributed by atoms with Gasteiger partial charge in [0.05, 0.1) is 22.5 Å². The average molecular weight is 545 g/mol. The second-order valence-electron chi connectivity index (χ2n) is 9.79. The Balaban J connectivity index is 1.38. The van der Waals surface area contributed by atoms with E-state index in [9.17, 15) is 13.2 Å². The predicted octanol–water partition coefficient (Wildman–Crippen LogP) is 6.53. The first kappa shape index (κ1) is 26.3. The second kappa shape index (κ2) is 10.8. The van der Waals surface area contributed by atoms with E-state index in [1.807, 2.05) is 73.7 Å². The van der Waals surface area contributed by atoms with Crippen molar-refractivity contribution in [3.05, 3.63) is 131 Å². The minimum Gasteiger partial charge on any atom is -0.298 e. The molecular weight excluding hydrogens is 516 g/mol. The van der Waals surface area contributed by atoms with Gasteiger partial charge in [0, 0.05) is 23.7 Å². The Kier molecular flexibility index (Phi) is 7.48. The van der Waals surface area contributed by atoms with Crippen LogP contribution >= 0.6 is 11.6 Å². The molecule has 1 fully saturated rings. The Labute approximate surface area is 229 Å². The average Bonchev–Trinajstić information content (AvgIpc) is 3.75. The minimum atomic E-state index is -3.85. The van der Waals surface area contributed by atoms with Crippen LogP contribution in [-0.4, -0.2) is 23.5 Å². The van der Waals surface area contributed by atoms with Gasteiger partial charge in [0.1, 0.15) is 5.78 Å². The Morgan fingerprint density at radius 2 is 1.58 bits per heavy atom. The van der Waals surface area contributed by atoms with E-state index in [1.54, 1.807) is 24.4 Å². The summed E-state index contributed by atoms with van der Waals surface area (Å²) in [6.07, 6.45) is 3.78. The van der Waals surface area contributed by atoms with Crippen molar-refractivity contribution in [3.63, 3.8) is 0 Å². The van der Waals surface area contributed by atoms with Crippen molar-refractivity contribution in [1.82, 2.24) is 9.29 Å². The van der Waals surface area contributed by atoms with Gasteiger partial charge in [0.2, 0.25) is 10.0 Å². The molecule has 1 atom stereocenters. The maximum atomic E-state index is 13.7. The van der Waals surface area contributed by atoms with Crippen LogP contribution < -0.4 is 0 Å². The number of ketones is 1. The lowest BCUT2D eigenvalue weighted by molar-refractivity contribution is -0.120. The van der Waals surface area contributed by atoms with Crippen molar-refractivity contribution in [2.75, 3.05) is 0 Å². The molecule has 1 aliphatic carbocycles. The zero-order valence-electron chi connectivity index (χ0n) is 21.1. The lowest BCUT2D eigenvalue weighted by atomic mass is 9.88. The number of hydrogen-bond acceptors (Lipinski definition) is 4. The molecule has 1 aliphatic rings. The van der Waals surface area contributed by atoms with Gasteiger partial charge in [-0.15, -0.1) is 0 Å². The minimum absolute atomic E-state index is 0.118. The van der Waals surface area contributed by atoms with Crippen molar-refractivity contribution < 1.29 is 13.2 Å². The quantitative estimate of drug-likeness (QED) is 0.227. The molecular formula is C31H29ClN2O3S. The maximum absolute atomic E-state index is 13.7. The Morgan fingerprint density at radius 1 is 0.921 bits per heavy atom. The molecule has 0 radical (unpaired) electrons. The summed E-state index contributed by atoms with van der Waals surface area (Å²) < 4.78 is 28.9. The highest BCUT2D eigenvalue weighted by atomic mass is 35.5. The standard InChI is InChI=1S/C31H29ClN2O3S/c1-23(34(22-28-9-5-6-20-33-28)38(36,37)29-16-14-27(32)15-17-29)25-12-10-24(11-13-25)21-30(35)31(18-19-31)26-7-3-2-4-8-26/h2-17,20,23H,18-19,21-22H2,1H3/t23-/m0/s1. The highest BCUT2D eigenvalue weighted by Crippen LogP contribution is 2.49. The molecule has 194 valence electrons. The largest absolute Gasteiger partial charge is 0.298 e. The van der Waals surface area contributed by atoms with Gasteiger partial charge < -0.3 is 0 Å². The van der Waals surface area contributed by atoms with Gasteiger partial charge in [-0.05, 0) is 72.9 Å². The number of carbonyl (C=O) groups excluding carboxylic acids is 1. The van der Waals surface area contributed by atoms with Crippen molar-refractivity contribution in [3.8, 4) is 0 Å². The molecule has 4 aromatic rings. The van der Waals surface area contributed by atoms with Gasteiger partial charge in [0.15, 0.2) is 0 Å². The van der Waals surface area contributed by atoms with E-state index in [-0.39, 0.29) is 22.6 Å². The SMILES string of the molecule is C[C@@H](c1ccc(CC(=O)C2(c3ccccc3)CC2)cc1)N(Cc1ccccn1)S(=O)(=O)c1ccc(Cl)cc1. The van der Waals surface area contributed by atoms with E-state index in [4.69, 9.17) is 11.6 Å². The summed E-state index contributed by atoms with van der Waals surface area (Å²) in [4.78, 5) is 17.8. The smallest absolute Gasteiger partial charge is 0.243 e. The van der Waals surface area contributed by atoms with E-state index in [0.29, 0.717) is 17.1 Å². The number of sulfonamides is 1. The third-order valence-corrected chi connectivity index (χ3v) is 9.52. The molecule has 1 heterocycles. The Morgan fingerprint density at radius 3 is 2.18 bits per heavy atom. The first-order chi connectivity index (χ1) is 18.3. The summed E-state index contributed by atoms with van der Waals surface area (Å²) in [5.41, 5.74) is 3.13. The van der Waals surface area contributed by atoms with Crippen LogP contribution in [0.2, 0.25) is 5.02 Å². The number of rotatable bonds is 10. The molecule has 5 rings (SSSR count). The van der Waals surface area contributed by atoms with E-state index in [0.717, 1.165) is 29.5 Å². The predicted molar refractivity (Wildman–Crippen MR) is 149 cm³/mol. The van der Waals surface area contributed by atoms with Gasteiger partial charge in [-0.3, -0.25) is 9.78 Å². The van der Waals surface area contributed by atoms with Gasteiger partial charge in [-0.2, -0.15) is 4.31 Å². The van der Waals surface area contributed by atoms with Crippen LogP contribution in [0, 0.1) is 0 Å². The Hall–Kier alpha value is -3.32. The molecule has 5 nitrogen and oxygen atoms in total. The van der Waals surface area contributed by atoms with Gasteiger partial charge in [-0.1, -0.05) is 72.3 Å². The number of nitrogens with zero attached hydrogens (tertiary/aromatic N) is 2. The molecule has 1 aromatic heterocycles. The van der Waals surface area contributed by atoms with Crippen LogP contribution in [0.5, 0.6) is 0 Å². The van der Waals surface area contributed by atoms with Crippen LogP contribution in [-0.2, 0) is 33.2 Å². The zero-order chi connectivity index (χ0) is 26.8. The fraction of sp³-hybridized carbons (Fsp3) is 0.226. The number of aromatic nitrogens is 1. The molecule has 0 amide bonds. The molecule has 0 N–H and O–H groups in total. The van der Waals surface area contributed by atoms with Crippen LogP contribution in [0.3, 0.4) is 0 Å². The number of pyridine rings is 1. The summed E-state index contributed by atoms with van der Waals surface area (Å²) in [5.74, 6) is 0.228. The summed E-state index contributed by atoms with van der Waals surface area (Å²) >= 11 is 6.00. The van der Waals surface area contributed by atoms with Crippen molar-refractivity contribution in [1.29, 1.82) is 0 Å². The van der Waals surface area contributed by atoms with Crippen molar-refractivity contribution in [2.45, 2.75) is 49.1 Å². The molecule has 3 aromatic carbocycles. The number of benzene rings is 3. The lowest BCUT2D eigenvalue weighted by Crippen LogP contribution is -2.33. The lowest BCUT2D eigenvalue weighted by Gasteiger charge is -2.29. The Bertz CT molecular complexity index is 1500. The van der Waals surface area contributed by atoms with Crippen LogP contribution in [0.25, 0.3) is 0 Å². The molecule has 0 spiro atoms. The normalized spacial score (nSPS) is 15.2. The van der Waals surface area contributed by atoms with Crippen molar-refractivity contribution >= 4 is 27.4 Å². The fourth-order valence-corrected chi connectivity index (χ4v) is 6.59. The van der Waals surface area contributed by atoms with E-state index < -0.39 is 16.1 Å². The van der Waals surface area contributed by atoms with E-state index in [1.165, 1.54) is 16.4 Å². The van der Waals surface area contributed by atoms with Crippen molar-refractivity contribution in [2.24, 2.45) is 0 Å². The molecule has 7 heteroatoms. The topological polar surface area (TPSA) is 67.3 Å². The number of halogens is 1. The number of Topliss-reactive ketones (excluding diaryl/α,β-unsaturated/α-hetero) is 1. The zero-order valence-corrected chi connectivity index (χ0v) is 22.7. The number of carbonyl (C=O) groups is 1. The summed E-state index contributed by atoms with van der Waals surface area (Å²) in [6.45, 7) is 1.98. The molecule has 0 bridgehead atoms. The van der Waals surface area contributed by atoms with Gasteiger partial charge >= 0.3 is 0 Å². The summed E-state index contributed by atoms with van der Waals surface area (Å²) in [5, 5.41) is 0.471. The second-order valence-corrected chi connectivity index (χ2v) is 12.1. The fourth-order valence-electron chi connectivity index (χ4n) is 4.87. The van der Waals surface area contributed by atoms with Crippen LogP contribution in [0.4, 0.5) is 0 Å². The number of hydrogen-bond donors (Lipinski definition) is 0. The summed E-state index contributed by atoms with van der Waals surface area (Å²) in [6, 6.07) is 28.9. The van der Waals surface area contributed by atoms with E-state index >= 15 is 0 Å². The molecule has 1 saturated carbocycles. The monoisotopic (exact) mass is 544 g/mol. The van der Waals surface area contributed by atoms with Gasteiger partial charge in [0.25, 0.3) is 0 Å². The third-order valence-electron chi connectivity index (χ3n) is 7.33.